The molecule has 0 radical (unpaired) electrons. The van der Waals surface area contributed by atoms with Gasteiger partial charge in [-0.15, -0.1) is 0 Å². The summed E-state index contributed by atoms with van der Waals surface area (Å²) in [5, 5.41) is 7.63. The summed E-state index contributed by atoms with van der Waals surface area (Å²) < 4.78 is 11.4. The highest BCUT2D eigenvalue weighted by Crippen LogP contribution is 2.50. The van der Waals surface area contributed by atoms with Crippen LogP contribution in [0, 0.1) is 0 Å². The number of rotatable bonds is 1. The number of nitrogen functional groups attached to an aromatic ring is 1. The molecule has 3 N–H and O–H groups in total. The van der Waals surface area contributed by atoms with E-state index < -0.39 is 0 Å². The number of nitrogens with two attached hydrogens (primary N) is 1. The van der Waals surface area contributed by atoms with Gasteiger partial charge in [0.2, 0.25) is 0 Å². The van der Waals surface area contributed by atoms with Crippen molar-refractivity contribution >= 4 is 17.4 Å². The Morgan fingerprint density at radius 2 is 1.89 bits per heavy atom. The van der Waals surface area contributed by atoms with Crippen molar-refractivity contribution in [3.8, 4) is 22.8 Å². The first-order valence-corrected chi connectivity index (χ1v) is 6.57. The molecule has 2 aliphatic heterocycles. The van der Waals surface area contributed by atoms with Crippen LogP contribution in [0.15, 0.2) is 6.07 Å². The third-order valence-corrected chi connectivity index (χ3v) is 4.01. The molecule has 0 aliphatic carbocycles. The van der Waals surface area contributed by atoms with Gasteiger partial charge in [0.1, 0.15) is 17.3 Å². The minimum absolute atomic E-state index is 0.462. The van der Waals surface area contributed by atoms with Gasteiger partial charge in [-0.1, -0.05) is 11.6 Å². The summed E-state index contributed by atoms with van der Waals surface area (Å²) in [5.74, 6) is 2.09. The summed E-state index contributed by atoms with van der Waals surface area (Å²) in [4.78, 5) is 0. The number of anilines is 1. The molecule has 5 nitrogen and oxygen atoms in total. The summed E-state index contributed by atoms with van der Waals surface area (Å²) in [6.07, 6.45) is 1.63. The highest BCUT2D eigenvalue weighted by molar-refractivity contribution is 6.33. The van der Waals surface area contributed by atoms with Crippen LogP contribution in [0.3, 0.4) is 0 Å². The SMILES string of the molecule is Nc1cc(-c2c3c(c(Cl)c4c2OCC4)OCC3)[nH]n1. The number of aromatic amines is 1. The predicted octanol–water partition coefficient (Wildman–Crippen LogP) is 2.18. The average molecular weight is 278 g/mol. The third-order valence-electron chi connectivity index (χ3n) is 3.61. The smallest absolute Gasteiger partial charge is 0.145 e. The molecule has 98 valence electrons. The van der Waals surface area contributed by atoms with Crippen molar-refractivity contribution in [1.29, 1.82) is 0 Å². The van der Waals surface area contributed by atoms with Crippen LogP contribution in [0.25, 0.3) is 11.3 Å². The first-order chi connectivity index (χ1) is 9.25. The minimum Gasteiger partial charge on any atom is -0.492 e. The molecule has 0 atom stereocenters. The van der Waals surface area contributed by atoms with Crippen molar-refractivity contribution in [3.05, 3.63) is 22.2 Å². The summed E-state index contributed by atoms with van der Waals surface area (Å²) in [6, 6.07) is 1.81. The van der Waals surface area contributed by atoms with E-state index in [4.69, 9.17) is 26.8 Å². The Morgan fingerprint density at radius 1 is 1.16 bits per heavy atom. The summed E-state index contributed by atoms with van der Waals surface area (Å²) in [6.45, 7) is 1.29. The largest absolute Gasteiger partial charge is 0.492 e. The fourth-order valence-electron chi connectivity index (χ4n) is 2.80. The van der Waals surface area contributed by atoms with Gasteiger partial charge < -0.3 is 15.2 Å². The van der Waals surface area contributed by atoms with E-state index in [0.717, 1.165) is 46.7 Å². The van der Waals surface area contributed by atoms with Crippen molar-refractivity contribution in [1.82, 2.24) is 10.2 Å². The summed E-state index contributed by atoms with van der Waals surface area (Å²) in [5.41, 5.74) is 9.64. The van der Waals surface area contributed by atoms with Gasteiger partial charge in [-0.25, -0.2) is 0 Å². The number of fused-ring (bicyclic) bond motifs is 2. The highest BCUT2D eigenvalue weighted by atomic mass is 35.5. The topological polar surface area (TPSA) is 73.2 Å². The molecular formula is C13H12ClN3O2. The van der Waals surface area contributed by atoms with Gasteiger partial charge in [0, 0.05) is 35.6 Å². The molecule has 1 aromatic heterocycles. The molecule has 0 saturated heterocycles. The lowest BCUT2D eigenvalue weighted by Gasteiger charge is -2.13. The molecule has 1 aromatic carbocycles. The molecule has 6 heteroatoms. The monoisotopic (exact) mass is 277 g/mol. The summed E-state index contributed by atoms with van der Waals surface area (Å²) >= 11 is 6.41. The van der Waals surface area contributed by atoms with E-state index in [9.17, 15) is 0 Å². The van der Waals surface area contributed by atoms with Crippen LogP contribution in [0.5, 0.6) is 11.5 Å². The number of benzene rings is 1. The van der Waals surface area contributed by atoms with E-state index in [1.165, 1.54) is 0 Å². The maximum Gasteiger partial charge on any atom is 0.145 e. The number of aromatic nitrogens is 2. The molecule has 4 rings (SSSR count). The van der Waals surface area contributed by atoms with Crippen LogP contribution < -0.4 is 15.2 Å². The maximum absolute atomic E-state index is 6.41. The lowest BCUT2D eigenvalue weighted by molar-refractivity contribution is 0.356. The van der Waals surface area contributed by atoms with Crippen molar-refractivity contribution < 1.29 is 9.47 Å². The van der Waals surface area contributed by atoms with Crippen LogP contribution >= 0.6 is 11.6 Å². The molecular weight excluding hydrogens is 266 g/mol. The standard InChI is InChI=1S/C13H12ClN3O2/c14-11-7-2-4-18-12(7)10(6-1-3-19-13(6)11)8-5-9(15)17-16-8/h5H,1-4H2,(H3,15,16,17). The second-order valence-corrected chi connectivity index (χ2v) is 5.09. The molecule has 0 fully saturated rings. The molecule has 0 amide bonds. The molecule has 0 bridgehead atoms. The summed E-state index contributed by atoms with van der Waals surface area (Å²) in [7, 11) is 0. The lowest BCUT2D eigenvalue weighted by Crippen LogP contribution is -1.93. The van der Waals surface area contributed by atoms with Crippen LogP contribution in [0.2, 0.25) is 5.02 Å². The zero-order valence-electron chi connectivity index (χ0n) is 10.1. The van der Waals surface area contributed by atoms with Crippen LogP contribution in [0.1, 0.15) is 11.1 Å². The Morgan fingerprint density at radius 3 is 2.63 bits per heavy atom. The Bertz CT molecular complexity index is 646. The van der Waals surface area contributed by atoms with Gasteiger partial charge in [0.05, 0.1) is 23.9 Å². The van der Waals surface area contributed by atoms with E-state index in [1.54, 1.807) is 0 Å². The van der Waals surface area contributed by atoms with Gasteiger partial charge >= 0.3 is 0 Å². The van der Waals surface area contributed by atoms with Gasteiger partial charge in [-0.2, -0.15) is 5.10 Å². The second kappa shape index (κ2) is 3.81. The van der Waals surface area contributed by atoms with Crippen LogP contribution in [0.4, 0.5) is 5.82 Å². The number of nitrogens with one attached hydrogen (secondary N) is 1. The first kappa shape index (κ1) is 11.0. The maximum atomic E-state index is 6.41. The molecule has 0 unspecified atom stereocenters. The quantitative estimate of drug-likeness (QED) is 0.838. The Kier molecular flexibility index (Phi) is 2.20. The number of H-pyrrole nitrogens is 1. The normalized spacial score (nSPS) is 15.8. The zero-order chi connectivity index (χ0) is 13.0. The molecule has 3 heterocycles. The van der Waals surface area contributed by atoms with Crippen molar-refractivity contribution in [2.24, 2.45) is 0 Å². The molecule has 19 heavy (non-hydrogen) atoms. The van der Waals surface area contributed by atoms with Gasteiger partial charge in [0.25, 0.3) is 0 Å². The fourth-order valence-corrected chi connectivity index (χ4v) is 3.15. The fraction of sp³-hybridized carbons (Fsp3) is 0.308. The van der Waals surface area contributed by atoms with Crippen molar-refractivity contribution in [3.63, 3.8) is 0 Å². The highest BCUT2D eigenvalue weighted by Gasteiger charge is 2.31. The lowest BCUT2D eigenvalue weighted by atomic mass is 9.97. The Hall–Kier alpha value is -1.88. The average Bonchev–Trinajstić information content (AvgIpc) is 3.09. The number of hydrogen-bond acceptors (Lipinski definition) is 4. The number of ether oxygens (including phenoxy) is 2. The van der Waals surface area contributed by atoms with E-state index in [1.807, 2.05) is 6.07 Å². The Labute approximate surface area is 114 Å². The van der Waals surface area contributed by atoms with Gasteiger partial charge in [-0.3, -0.25) is 5.10 Å². The van der Waals surface area contributed by atoms with E-state index >= 15 is 0 Å². The third kappa shape index (κ3) is 1.45. The van der Waals surface area contributed by atoms with E-state index in [0.29, 0.717) is 24.1 Å². The van der Waals surface area contributed by atoms with Crippen LogP contribution in [-0.4, -0.2) is 23.4 Å². The first-order valence-electron chi connectivity index (χ1n) is 6.19. The van der Waals surface area contributed by atoms with Gasteiger partial charge in [0.15, 0.2) is 0 Å². The number of halogens is 1. The number of hydrogen-bond donors (Lipinski definition) is 2. The van der Waals surface area contributed by atoms with Crippen LogP contribution in [-0.2, 0) is 12.8 Å². The van der Waals surface area contributed by atoms with Crippen molar-refractivity contribution in [2.75, 3.05) is 18.9 Å². The zero-order valence-corrected chi connectivity index (χ0v) is 10.9. The molecule has 0 saturated carbocycles. The van der Waals surface area contributed by atoms with E-state index in [-0.39, 0.29) is 0 Å². The second-order valence-electron chi connectivity index (χ2n) is 4.71. The number of nitrogens with zero attached hydrogens (tertiary/aromatic N) is 1. The van der Waals surface area contributed by atoms with Crippen molar-refractivity contribution in [2.45, 2.75) is 12.8 Å². The molecule has 0 spiro atoms. The predicted molar refractivity (Wildman–Crippen MR) is 71.8 cm³/mol. The molecule has 2 aliphatic rings. The van der Waals surface area contributed by atoms with E-state index in [2.05, 4.69) is 10.2 Å². The Balaban J connectivity index is 2.05. The minimum atomic E-state index is 0.462. The molecule has 2 aromatic rings. The van der Waals surface area contributed by atoms with Gasteiger partial charge in [-0.05, 0) is 0 Å².